The molecule has 1 aliphatic carbocycles. The second-order valence-electron chi connectivity index (χ2n) is 8.02. The number of aromatic nitrogens is 4. The summed E-state index contributed by atoms with van der Waals surface area (Å²) < 4.78 is 108. The second-order valence-corrected chi connectivity index (χ2v) is 9.41. The van der Waals surface area contributed by atoms with Gasteiger partial charge in [0.2, 0.25) is 0 Å². The number of alkyl halides is 8. The van der Waals surface area contributed by atoms with E-state index in [4.69, 9.17) is 16.9 Å². The molecule has 0 atom stereocenters. The van der Waals surface area contributed by atoms with Crippen molar-refractivity contribution < 1.29 is 39.9 Å². The van der Waals surface area contributed by atoms with Crippen LogP contribution < -0.4 is 5.32 Å². The third kappa shape index (κ3) is 4.73. The van der Waals surface area contributed by atoms with Crippen LogP contribution in [0.2, 0.25) is 5.02 Å². The number of carbonyl (C=O) groups is 1. The van der Waals surface area contributed by atoms with E-state index in [1.165, 1.54) is 18.2 Å². The number of nitriles is 1. The number of aryl methyl sites for hydroxylation is 1. The molecule has 37 heavy (non-hydrogen) atoms. The highest BCUT2D eigenvalue weighted by atomic mass is 35.5. The Hall–Kier alpha value is -3.32. The molecule has 1 aromatic carbocycles. The summed E-state index contributed by atoms with van der Waals surface area (Å²) in [6.07, 6.45) is -11.1. The van der Waals surface area contributed by atoms with E-state index in [-0.39, 0.29) is 25.8 Å². The van der Waals surface area contributed by atoms with Gasteiger partial charge < -0.3 is 5.32 Å². The molecule has 7 nitrogen and oxygen atoms in total. The minimum atomic E-state index is -6.34. The first-order chi connectivity index (χ1) is 17.0. The van der Waals surface area contributed by atoms with Crippen molar-refractivity contribution in [2.45, 2.75) is 36.7 Å². The summed E-state index contributed by atoms with van der Waals surface area (Å²) in [5, 5.41) is 21.0. The molecule has 1 aliphatic rings. The molecule has 4 rings (SSSR count). The first-order valence-electron chi connectivity index (χ1n) is 9.97. The van der Waals surface area contributed by atoms with Gasteiger partial charge in [0.1, 0.15) is 21.8 Å². The Bertz CT molecular complexity index is 1430. The molecular weight excluding hydrogens is 560 g/mol. The lowest BCUT2D eigenvalue weighted by Crippen LogP contribution is -2.36. The van der Waals surface area contributed by atoms with Crippen molar-refractivity contribution in [3.05, 3.63) is 40.0 Å². The van der Waals surface area contributed by atoms with E-state index in [1.54, 1.807) is 0 Å². The van der Waals surface area contributed by atoms with Crippen molar-refractivity contribution in [1.29, 1.82) is 5.26 Å². The van der Waals surface area contributed by atoms with Crippen molar-refractivity contribution in [2.24, 2.45) is 7.05 Å². The summed E-state index contributed by atoms with van der Waals surface area (Å²) in [6.45, 7) is 0. The Labute approximate surface area is 210 Å². The summed E-state index contributed by atoms with van der Waals surface area (Å²) in [7, 11) is 0.759. The molecule has 1 fully saturated rings. The minimum Gasteiger partial charge on any atom is -0.334 e. The Kier molecular flexibility index (Phi) is 6.23. The van der Waals surface area contributed by atoms with Gasteiger partial charge in [-0.2, -0.15) is 45.5 Å². The van der Waals surface area contributed by atoms with Gasteiger partial charge in [0.05, 0.1) is 16.7 Å². The number of hydrogen-bond donors (Lipinski definition) is 1. The molecule has 0 radical (unpaired) electrons. The van der Waals surface area contributed by atoms with E-state index in [9.17, 15) is 39.9 Å². The maximum Gasteiger partial charge on any atom is 0.459 e. The van der Waals surface area contributed by atoms with Crippen LogP contribution in [-0.4, -0.2) is 37.6 Å². The van der Waals surface area contributed by atoms with Crippen LogP contribution >= 0.6 is 22.9 Å². The normalized spacial score (nSPS) is 15.4. The topological polar surface area (TPSA) is 96.5 Å². The summed E-state index contributed by atoms with van der Waals surface area (Å²) in [4.78, 5) is 12.6. The van der Waals surface area contributed by atoms with Crippen molar-refractivity contribution in [2.75, 3.05) is 0 Å². The molecule has 1 N–H and O–H groups in total. The van der Waals surface area contributed by atoms with Gasteiger partial charge >= 0.3 is 18.3 Å². The zero-order chi connectivity index (χ0) is 27.6. The molecule has 0 saturated heterocycles. The number of amides is 1. The van der Waals surface area contributed by atoms with Gasteiger partial charge in [0.25, 0.3) is 5.91 Å². The Morgan fingerprint density at radius 1 is 1.14 bits per heavy atom. The number of carbonyl (C=O) groups excluding carboxylic acids is 1. The molecule has 0 bridgehead atoms. The van der Waals surface area contributed by atoms with Crippen molar-refractivity contribution in [1.82, 2.24) is 25.3 Å². The van der Waals surface area contributed by atoms with Gasteiger partial charge in [-0.05, 0) is 25.0 Å². The summed E-state index contributed by atoms with van der Waals surface area (Å²) in [5.41, 5.74) is -6.93. The lowest BCUT2D eigenvalue weighted by molar-refractivity contribution is -0.292. The van der Waals surface area contributed by atoms with Crippen LogP contribution in [0.25, 0.3) is 21.3 Å². The van der Waals surface area contributed by atoms with E-state index < -0.39 is 51.7 Å². The minimum absolute atomic E-state index is 0.00950. The second kappa shape index (κ2) is 8.62. The van der Waals surface area contributed by atoms with Crippen LogP contribution in [0.4, 0.5) is 35.1 Å². The first-order valence-corrected chi connectivity index (χ1v) is 11.2. The highest BCUT2D eigenvalue weighted by molar-refractivity contribution is 7.17. The van der Waals surface area contributed by atoms with Gasteiger partial charge in [0, 0.05) is 12.6 Å². The van der Waals surface area contributed by atoms with Gasteiger partial charge in [-0.25, -0.2) is 0 Å². The Morgan fingerprint density at radius 2 is 1.76 bits per heavy atom. The standard InChI is InChI=1S/C20H11ClF8N6OS/c1-35-12(11(19(24,25)26)13(34-35)18(22,23)20(27,28)29)16-33-32-15(37-16)8-2-3-10(21)9(6-8)14(36)31-17(7-30)4-5-17/h2-3,6H,4-5H2,1H3,(H,31,36). The number of benzene rings is 1. The largest absolute Gasteiger partial charge is 0.459 e. The van der Waals surface area contributed by atoms with Gasteiger partial charge in [-0.15, -0.1) is 10.2 Å². The fourth-order valence-corrected chi connectivity index (χ4v) is 4.46. The molecule has 2 heterocycles. The molecule has 0 aliphatic heterocycles. The van der Waals surface area contributed by atoms with Crippen molar-refractivity contribution in [3.63, 3.8) is 0 Å². The fourth-order valence-electron chi connectivity index (χ4n) is 3.33. The number of nitrogens with one attached hydrogen (secondary N) is 1. The van der Waals surface area contributed by atoms with E-state index >= 15 is 0 Å². The van der Waals surface area contributed by atoms with Crippen molar-refractivity contribution >= 4 is 28.8 Å². The number of halogens is 9. The summed E-state index contributed by atoms with van der Waals surface area (Å²) in [5.74, 6) is -6.59. The zero-order valence-electron chi connectivity index (χ0n) is 18.1. The van der Waals surface area contributed by atoms with E-state index in [0.717, 1.165) is 7.05 Å². The van der Waals surface area contributed by atoms with Crippen LogP contribution in [0.1, 0.15) is 34.5 Å². The van der Waals surface area contributed by atoms with Crippen LogP contribution in [0.3, 0.4) is 0 Å². The first kappa shape index (κ1) is 26.7. The van der Waals surface area contributed by atoms with Crippen molar-refractivity contribution in [3.8, 4) is 27.3 Å². The lowest BCUT2D eigenvalue weighted by atomic mass is 10.1. The Balaban J connectivity index is 1.77. The lowest BCUT2D eigenvalue weighted by Gasteiger charge is -2.19. The maximum absolute atomic E-state index is 13.9. The predicted molar refractivity (Wildman–Crippen MR) is 113 cm³/mol. The highest BCUT2D eigenvalue weighted by Gasteiger charge is 2.64. The average Bonchev–Trinajstić information content (AvgIpc) is 3.21. The van der Waals surface area contributed by atoms with E-state index in [0.29, 0.717) is 24.2 Å². The zero-order valence-corrected chi connectivity index (χ0v) is 19.7. The van der Waals surface area contributed by atoms with Gasteiger partial charge in [0.15, 0.2) is 10.7 Å². The van der Waals surface area contributed by atoms with E-state index in [2.05, 4.69) is 20.6 Å². The third-order valence-electron chi connectivity index (χ3n) is 5.39. The highest BCUT2D eigenvalue weighted by Crippen LogP contribution is 2.50. The molecule has 0 spiro atoms. The van der Waals surface area contributed by atoms with Gasteiger partial charge in [-0.1, -0.05) is 29.0 Å². The third-order valence-corrected chi connectivity index (χ3v) is 6.70. The quantitative estimate of drug-likeness (QED) is 0.396. The SMILES string of the molecule is Cn1nc(C(F)(F)C(F)(F)F)c(C(F)(F)F)c1-c1nnc(-c2ccc(Cl)c(C(=O)NC3(C#N)CC3)c2)s1. The number of rotatable bonds is 5. The molecule has 3 aromatic rings. The molecule has 1 amide bonds. The molecule has 1 saturated carbocycles. The van der Waals surface area contributed by atoms with Crippen LogP contribution in [0.5, 0.6) is 0 Å². The van der Waals surface area contributed by atoms with Crippen LogP contribution in [-0.2, 0) is 19.1 Å². The predicted octanol–water partition coefficient (Wildman–Crippen LogP) is 5.72. The molecular formula is C20H11ClF8N6OS. The van der Waals surface area contributed by atoms with E-state index in [1.807, 2.05) is 6.07 Å². The molecule has 196 valence electrons. The molecule has 17 heteroatoms. The molecule has 2 aromatic heterocycles. The Morgan fingerprint density at radius 3 is 2.30 bits per heavy atom. The summed E-state index contributed by atoms with van der Waals surface area (Å²) >= 11 is 6.51. The van der Waals surface area contributed by atoms with Crippen LogP contribution in [0.15, 0.2) is 18.2 Å². The molecule has 0 unspecified atom stereocenters. The average molecular weight is 571 g/mol. The van der Waals surface area contributed by atoms with Crippen LogP contribution in [0, 0.1) is 11.3 Å². The maximum atomic E-state index is 13.9. The number of hydrogen-bond acceptors (Lipinski definition) is 6. The van der Waals surface area contributed by atoms with Gasteiger partial charge in [-0.3, -0.25) is 9.48 Å². The smallest absolute Gasteiger partial charge is 0.334 e. The monoisotopic (exact) mass is 570 g/mol. The summed E-state index contributed by atoms with van der Waals surface area (Å²) in [6, 6.07) is 5.82. The fraction of sp³-hybridized carbons (Fsp3) is 0.350. The number of nitrogens with zero attached hydrogens (tertiary/aromatic N) is 5.